The van der Waals surface area contributed by atoms with E-state index in [4.69, 9.17) is 0 Å². The lowest BCUT2D eigenvalue weighted by atomic mass is 10.1. The van der Waals surface area contributed by atoms with Crippen molar-refractivity contribution in [2.75, 3.05) is 11.9 Å². The monoisotopic (exact) mass is 337 g/mol. The highest BCUT2D eigenvalue weighted by Gasteiger charge is 2.16. The first-order chi connectivity index (χ1) is 12.0. The highest BCUT2D eigenvalue weighted by Crippen LogP contribution is 2.20. The molecule has 1 heterocycles. The Morgan fingerprint density at radius 3 is 2.56 bits per heavy atom. The van der Waals surface area contributed by atoms with Crippen molar-refractivity contribution in [2.24, 2.45) is 0 Å². The van der Waals surface area contributed by atoms with Gasteiger partial charge in [-0.2, -0.15) is 5.10 Å². The zero-order valence-electron chi connectivity index (χ0n) is 14.5. The fourth-order valence-corrected chi connectivity index (χ4v) is 2.84. The molecule has 3 aromatic rings. The van der Waals surface area contributed by atoms with Crippen molar-refractivity contribution < 1.29 is 9.18 Å². The van der Waals surface area contributed by atoms with Crippen LogP contribution in [-0.4, -0.2) is 22.7 Å². The van der Waals surface area contributed by atoms with Crippen LogP contribution in [0.2, 0.25) is 0 Å². The molecule has 1 amide bonds. The Morgan fingerprint density at radius 2 is 1.88 bits per heavy atom. The van der Waals surface area contributed by atoms with E-state index in [2.05, 4.69) is 5.10 Å². The first kappa shape index (κ1) is 16.9. The number of halogens is 1. The van der Waals surface area contributed by atoms with Crippen molar-refractivity contribution in [1.29, 1.82) is 0 Å². The molecule has 0 atom stereocenters. The molecule has 0 radical (unpaired) electrons. The van der Waals surface area contributed by atoms with Crippen molar-refractivity contribution >= 4 is 11.6 Å². The van der Waals surface area contributed by atoms with Crippen molar-refractivity contribution in [3.05, 3.63) is 82.9 Å². The van der Waals surface area contributed by atoms with Crippen LogP contribution >= 0.6 is 0 Å². The number of hydrogen-bond donors (Lipinski definition) is 0. The maximum Gasteiger partial charge on any atom is 0.258 e. The predicted molar refractivity (Wildman–Crippen MR) is 96.4 cm³/mol. The third kappa shape index (κ3) is 3.60. The molecular weight excluding hydrogens is 317 g/mol. The van der Waals surface area contributed by atoms with Crippen LogP contribution in [0.4, 0.5) is 10.1 Å². The molecule has 0 unspecified atom stereocenters. The van der Waals surface area contributed by atoms with Crippen LogP contribution in [0.25, 0.3) is 0 Å². The summed E-state index contributed by atoms with van der Waals surface area (Å²) in [6.07, 6.45) is 0. The Morgan fingerprint density at radius 1 is 1.12 bits per heavy atom. The van der Waals surface area contributed by atoms with Gasteiger partial charge in [0.2, 0.25) is 0 Å². The largest absolute Gasteiger partial charge is 0.309 e. The minimum absolute atomic E-state index is 0.250. The summed E-state index contributed by atoms with van der Waals surface area (Å²) in [5.41, 5.74) is 3.78. The Hall–Kier alpha value is -2.95. The van der Waals surface area contributed by atoms with Crippen LogP contribution in [0.3, 0.4) is 0 Å². The van der Waals surface area contributed by atoms with Crippen molar-refractivity contribution in [1.82, 2.24) is 9.78 Å². The van der Waals surface area contributed by atoms with Gasteiger partial charge in [0.15, 0.2) is 0 Å². The van der Waals surface area contributed by atoms with Gasteiger partial charge < -0.3 is 4.90 Å². The molecule has 4 nitrogen and oxygen atoms in total. The lowest BCUT2D eigenvalue weighted by Gasteiger charge is -2.18. The second-order valence-corrected chi connectivity index (χ2v) is 6.10. The minimum atomic E-state index is -0.419. The topological polar surface area (TPSA) is 38.1 Å². The standard InChI is InChI=1S/C20H20FN3O/c1-14-11-15(2)24(22-14)13-16-7-6-8-17(12-16)20(25)23(3)19-10-5-4-9-18(19)21/h4-12H,13H2,1-3H3. The molecule has 5 heteroatoms. The average Bonchev–Trinajstić information content (AvgIpc) is 2.91. The summed E-state index contributed by atoms with van der Waals surface area (Å²) < 4.78 is 15.8. The molecule has 25 heavy (non-hydrogen) atoms. The highest BCUT2D eigenvalue weighted by atomic mass is 19.1. The van der Waals surface area contributed by atoms with Crippen LogP contribution < -0.4 is 4.90 Å². The van der Waals surface area contributed by atoms with Crippen LogP contribution in [0, 0.1) is 19.7 Å². The number of carbonyl (C=O) groups excluding carboxylic acids is 1. The summed E-state index contributed by atoms with van der Waals surface area (Å²) in [4.78, 5) is 14.0. The summed E-state index contributed by atoms with van der Waals surface area (Å²) in [6, 6.07) is 15.6. The zero-order valence-corrected chi connectivity index (χ0v) is 14.5. The maximum absolute atomic E-state index is 13.9. The quantitative estimate of drug-likeness (QED) is 0.723. The number of anilines is 1. The number of aryl methyl sites for hydroxylation is 2. The van der Waals surface area contributed by atoms with E-state index in [-0.39, 0.29) is 11.6 Å². The van der Waals surface area contributed by atoms with E-state index in [1.54, 1.807) is 31.3 Å². The molecule has 1 aromatic heterocycles. The molecule has 0 aliphatic carbocycles. The smallest absolute Gasteiger partial charge is 0.258 e. The Balaban J connectivity index is 1.84. The number of benzene rings is 2. The number of nitrogens with zero attached hydrogens (tertiary/aromatic N) is 3. The summed E-state index contributed by atoms with van der Waals surface area (Å²) in [7, 11) is 1.58. The van der Waals surface area contributed by atoms with E-state index in [0.717, 1.165) is 17.0 Å². The average molecular weight is 337 g/mol. The van der Waals surface area contributed by atoms with Gasteiger partial charge in [-0.25, -0.2) is 4.39 Å². The molecule has 0 saturated carbocycles. The van der Waals surface area contributed by atoms with E-state index in [9.17, 15) is 9.18 Å². The SMILES string of the molecule is Cc1cc(C)n(Cc2cccc(C(=O)N(C)c3ccccc3F)c2)n1. The molecule has 128 valence electrons. The highest BCUT2D eigenvalue weighted by molar-refractivity contribution is 6.05. The maximum atomic E-state index is 13.9. The van der Waals surface area contributed by atoms with Crippen molar-refractivity contribution in [3.8, 4) is 0 Å². The van der Waals surface area contributed by atoms with Gasteiger partial charge in [-0.15, -0.1) is 0 Å². The van der Waals surface area contributed by atoms with Gasteiger partial charge in [0.05, 0.1) is 17.9 Å². The number of hydrogen-bond acceptors (Lipinski definition) is 2. The Bertz CT molecular complexity index is 917. The normalized spacial score (nSPS) is 10.7. The fraction of sp³-hybridized carbons (Fsp3) is 0.200. The van der Waals surface area contributed by atoms with Gasteiger partial charge in [-0.1, -0.05) is 24.3 Å². The first-order valence-electron chi connectivity index (χ1n) is 8.08. The third-order valence-electron chi connectivity index (χ3n) is 4.13. The van der Waals surface area contributed by atoms with E-state index in [1.165, 1.54) is 11.0 Å². The predicted octanol–water partition coefficient (Wildman–Crippen LogP) is 3.96. The lowest BCUT2D eigenvalue weighted by molar-refractivity contribution is 0.0992. The van der Waals surface area contributed by atoms with E-state index in [1.807, 2.05) is 42.8 Å². The van der Waals surface area contributed by atoms with Crippen molar-refractivity contribution in [3.63, 3.8) is 0 Å². The molecule has 0 saturated heterocycles. The number of rotatable bonds is 4. The number of carbonyl (C=O) groups is 1. The van der Waals surface area contributed by atoms with Gasteiger partial charge >= 0.3 is 0 Å². The van der Waals surface area contributed by atoms with Gasteiger partial charge in [-0.3, -0.25) is 9.48 Å². The van der Waals surface area contributed by atoms with Crippen LogP contribution in [0.5, 0.6) is 0 Å². The second-order valence-electron chi connectivity index (χ2n) is 6.10. The van der Waals surface area contributed by atoms with Crippen molar-refractivity contribution in [2.45, 2.75) is 20.4 Å². The summed E-state index contributed by atoms with van der Waals surface area (Å²) in [5.74, 6) is -0.669. The molecule has 2 aromatic carbocycles. The second kappa shape index (κ2) is 6.89. The molecule has 0 aliphatic rings. The number of amides is 1. The lowest BCUT2D eigenvalue weighted by Crippen LogP contribution is -2.27. The summed E-state index contributed by atoms with van der Waals surface area (Å²) in [6.45, 7) is 4.54. The number of para-hydroxylation sites is 1. The minimum Gasteiger partial charge on any atom is -0.309 e. The van der Waals surface area contributed by atoms with Gasteiger partial charge in [0, 0.05) is 18.3 Å². The molecule has 0 aliphatic heterocycles. The van der Waals surface area contributed by atoms with Gasteiger partial charge in [-0.05, 0) is 49.7 Å². The first-order valence-corrected chi connectivity index (χ1v) is 8.08. The third-order valence-corrected chi connectivity index (χ3v) is 4.13. The number of aromatic nitrogens is 2. The van der Waals surface area contributed by atoms with E-state index in [0.29, 0.717) is 12.1 Å². The molecule has 0 spiro atoms. The molecule has 0 fully saturated rings. The van der Waals surface area contributed by atoms with E-state index < -0.39 is 5.82 Å². The van der Waals surface area contributed by atoms with Gasteiger partial charge in [0.1, 0.15) is 5.82 Å². The van der Waals surface area contributed by atoms with Crippen LogP contribution in [0.1, 0.15) is 27.3 Å². The Kier molecular flexibility index (Phi) is 4.65. The van der Waals surface area contributed by atoms with E-state index >= 15 is 0 Å². The van der Waals surface area contributed by atoms with Crippen LogP contribution in [0.15, 0.2) is 54.6 Å². The molecule has 0 bridgehead atoms. The zero-order chi connectivity index (χ0) is 18.0. The summed E-state index contributed by atoms with van der Waals surface area (Å²) >= 11 is 0. The summed E-state index contributed by atoms with van der Waals surface area (Å²) in [5, 5.41) is 4.45. The molecular formula is C20H20FN3O. The van der Waals surface area contributed by atoms with Gasteiger partial charge in [0.25, 0.3) is 5.91 Å². The fourth-order valence-electron chi connectivity index (χ4n) is 2.84. The molecule has 3 rings (SSSR count). The van der Waals surface area contributed by atoms with Crippen LogP contribution in [-0.2, 0) is 6.54 Å². The molecule has 0 N–H and O–H groups in total. The Labute approximate surface area is 146 Å².